The number of nitrogens with one attached hydrogen (secondary N) is 2. The first kappa shape index (κ1) is 22.7. The molecule has 160 valence electrons. The van der Waals surface area contributed by atoms with Crippen LogP contribution in [0.1, 0.15) is 31.7 Å². The van der Waals surface area contributed by atoms with Crippen LogP contribution in [0.15, 0.2) is 35.6 Å². The van der Waals surface area contributed by atoms with Gasteiger partial charge in [-0.3, -0.25) is 4.99 Å². The van der Waals surface area contributed by atoms with Crippen molar-refractivity contribution < 1.29 is 9.47 Å². The van der Waals surface area contributed by atoms with Crippen molar-refractivity contribution in [3.05, 3.63) is 42.0 Å². The molecule has 0 saturated carbocycles. The highest BCUT2D eigenvalue weighted by Gasteiger charge is 2.03. The predicted molar refractivity (Wildman–Crippen MR) is 115 cm³/mol. The molecule has 0 aliphatic heterocycles. The van der Waals surface area contributed by atoms with Gasteiger partial charge in [0.05, 0.1) is 6.54 Å². The van der Waals surface area contributed by atoms with Gasteiger partial charge in [-0.25, -0.2) is 0 Å². The highest BCUT2D eigenvalue weighted by molar-refractivity contribution is 5.79. The van der Waals surface area contributed by atoms with Gasteiger partial charge in [0.1, 0.15) is 24.5 Å². The molecule has 8 heteroatoms. The van der Waals surface area contributed by atoms with E-state index in [2.05, 4.69) is 44.2 Å². The largest absolute Gasteiger partial charge is 0.492 e. The van der Waals surface area contributed by atoms with Crippen LogP contribution in [-0.4, -0.2) is 60.2 Å². The van der Waals surface area contributed by atoms with Crippen LogP contribution in [0.3, 0.4) is 0 Å². The van der Waals surface area contributed by atoms with E-state index in [4.69, 9.17) is 9.47 Å². The summed E-state index contributed by atoms with van der Waals surface area (Å²) in [5.41, 5.74) is 1.22. The standard InChI is InChI=1S/C21H34N6O2/c1-4-20-26-25-17-27(20)14-12-23-21(22-11-6-15-28-5-2)24-13-16-29-19-9-7-18(3)8-10-19/h7-10,17H,4-6,11-16H2,1-3H3,(H2,22,23,24). The van der Waals surface area contributed by atoms with Crippen LogP contribution >= 0.6 is 0 Å². The van der Waals surface area contributed by atoms with Crippen molar-refractivity contribution in [2.45, 2.75) is 40.2 Å². The number of nitrogens with zero attached hydrogens (tertiary/aromatic N) is 4. The second-order valence-electron chi connectivity index (χ2n) is 6.59. The number of aromatic nitrogens is 3. The maximum absolute atomic E-state index is 5.78. The molecule has 0 radical (unpaired) electrons. The Balaban J connectivity index is 1.76. The summed E-state index contributed by atoms with van der Waals surface area (Å²) in [6, 6.07) is 8.07. The first-order chi connectivity index (χ1) is 14.2. The van der Waals surface area contributed by atoms with E-state index in [1.165, 1.54) is 5.56 Å². The normalized spacial score (nSPS) is 11.5. The van der Waals surface area contributed by atoms with Crippen LogP contribution in [0, 0.1) is 6.92 Å². The smallest absolute Gasteiger partial charge is 0.191 e. The Bertz CT molecular complexity index is 714. The molecule has 8 nitrogen and oxygen atoms in total. The molecule has 0 atom stereocenters. The molecule has 29 heavy (non-hydrogen) atoms. The van der Waals surface area contributed by atoms with E-state index in [1.54, 1.807) is 6.33 Å². The molecule has 0 amide bonds. The Hall–Kier alpha value is -2.61. The summed E-state index contributed by atoms with van der Waals surface area (Å²) >= 11 is 0. The van der Waals surface area contributed by atoms with Gasteiger partial charge >= 0.3 is 0 Å². The fourth-order valence-corrected chi connectivity index (χ4v) is 2.68. The van der Waals surface area contributed by atoms with E-state index in [-0.39, 0.29) is 0 Å². The van der Waals surface area contributed by atoms with Gasteiger partial charge in [0.15, 0.2) is 5.96 Å². The third kappa shape index (κ3) is 8.95. The van der Waals surface area contributed by atoms with Gasteiger partial charge in [-0.15, -0.1) is 10.2 Å². The van der Waals surface area contributed by atoms with Gasteiger partial charge in [-0.2, -0.15) is 0 Å². The van der Waals surface area contributed by atoms with Gasteiger partial charge < -0.3 is 24.7 Å². The van der Waals surface area contributed by atoms with Gasteiger partial charge in [0.2, 0.25) is 0 Å². The Labute approximate surface area is 173 Å². The lowest BCUT2D eigenvalue weighted by molar-refractivity contribution is 0.146. The van der Waals surface area contributed by atoms with Crippen molar-refractivity contribution in [1.29, 1.82) is 0 Å². The fraction of sp³-hybridized carbons (Fsp3) is 0.571. The molecule has 0 spiro atoms. The highest BCUT2D eigenvalue weighted by atomic mass is 16.5. The van der Waals surface area contributed by atoms with E-state index in [0.717, 1.165) is 56.7 Å². The SMILES string of the molecule is CCOCCCN=C(NCCOc1ccc(C)cc1)NCCn1cnnc1CC. The number of guanidine groups is 1. The molecule has 0 aliphatic carbocycles. The third-order valence-corrected chi connectivity index (χ3v) is 4.26. The fourth-order valence-electron chi connectivity index (χ4n) is 2.68. The zero-order valence-corrected chi connectivity index (χ0v) is 17.9. The molecule has 0 bridgehead atoms. The molecule has 2 aromatic rings. The van der Waals surface area contributed by atoms with Crippen LogP contribution in [0.5, 0.6) is 5.75 Å². The third-order valence-electron chi connectivity index (χ3n) is 4.26. The topological polar surface area (TPSA) is 85.6 Å². The van der Waals surface area contributed by atoms with Crippen molar-refractivity contribution in [1.82, 2.24) is 25.4 Å². The van der Waals surface area contributed by atoms with E-state index in [1.807, 2.05) is 31.2 Å². The minimum atomic E-state index is 0.564. The Morgan fingerprint density at radius 1 is 1.10 bits per heavy atom. The van der Waals surface area contributed by atoms with E-state index in [0.29, 0.717) is 19.7 Å². The zero-order chi connectivity index (χ0) is 20.7. The Kier molecular flexibility index (Phi) is 10.6. The number of benzene rings is 1. The van der Waals surface area contributed by atoms with Gasteiger partial charge in [-0.1, -0.05) is 24.6 Å². The minimum Gasteiger partial charge on any atom is -0.492 e. The molecule has 2 N–H and O–H groups in total. The lowest BCUT2D eigenvalue weighted by atomic mass is 10.2. The zero-order valence-electron chi connectivity index (χ0n) is 17.9. The predicted octanol–water partition coefficient (Wildman–Crippen LogP) is 2.19. The van der Waals surface area contributed by atoms with E-state index < -0.39 is 0 Å². The van der Waals surface area contributed by atoms with Gasteiger partial charge in [-0.05, 0) is 32.4 Å². The van der Waals surface area contributed by atoms with Crippen LogP contribution in [0.4, 0.5) is 0 Å². The maximum Gasteiger partial charge on any atom is 0.191 e. The summed E-state index contributed by atoms with van der Waals surface area (Å²) < 4.78 is 13.2. The number of rotatable bonds is 13. The van der Waals surface area contributed by atoms with Crippen LogP contribution in [0.2, 0.25) is 0 Å². The van der Waals surface area contributed by atoms with E-state index >= 15 is 0 Å². The minimum absolute atomic E-state index is 0.564. The van der Waals surface area contributed by atoms with Gasteiger partial charge in [0, 0.05) is 39.3 Å². The lowest BCUT2D eigenvalue weighted by Crippen LogP contribution is -2.41. The molecule has 2 rings (SSSR count). The van der Waals surface area contributed by atoms with Crippen molar-refractivity contribution in [2.24, 2.45) is 4.99 Å². The first-order valence-corrected chi connectivity index (χ1v) is 10.4. The second-order valence-corrected chi connectivity index (χ2v) is 6.59. The molecular weight excluding hydrogens is 368 g/mol. The number of ether oxygens (including phenoxy) is 2. The Morgan fingerprint density at radius 3 is 2.66 bits per heavy atom. The summed E-state index contributed by atoms with van der Waals surface area (Å²) in [5, 5.41) is 14.8. The molecule has 0 aliphatic rings. The van der Waals surface area contributed by atoms with Crippen molar-refractivity contribution >= 4 is 5.96 Å². The summed E-state index contributed by atoms with van der Waals surface area (Å²) in [6.07, 6.45) is 3.53. The average molecular weight is 403 g/mol. The average Bonchev–Trinajstić information content (AvgIpc) is 3.19. The first-order valence-electron chi connectivity index (χ1n) is 10.4. The second kappa shape index (κ2) is 13.5. The van der Waals surface area contributed by atoms with Gasteiger partial charge in [0.25, 0.3) is 0 Å². The molecule has 0 saturated heterocycles. The molecule has 1 aromatic heterocycles. The summed E-state index contributed by atoms with van der Waals surface area (Å²) in [7, 11) is 0. The van der Waals surface area contributed by atoms with Crippen LogP contribution in [-0.2, 0) is 17.7 Å². The number of hydrogen-bond donors (Lipinski definition) is 2. The maximum atomic E-state index is 5.78. The summed E-state index contributed by atoms with van der Waals surface area (Å²) in [6.45, 7) is 11.1. The highest BCUT2D eigenvalue weighted by Crippen LogP contribution is 2.10. The molecule has 1 aromatic carbocycles. The number of aliphatic imine (C=N–C) groups is 1. The molecule has 0 unspecified atom stereocenters. The van der Waals surface area contributed by atoms with Crippen molar-refractivity contribution in [3.8, 4) is 5.75 Å². The van der Waals surface area contributed by atoms with Crippen molar-refractivity contribution in [2.75, 3.05) is 39.5 Å². The lowest BCUT2D eigenvalue weighted by Gasteiger charge is -2.14. The number of aryl methyl sites for hydroxylation is 2. The molecule has 0 fully saturated rings. The molecular formula is C21H34N6O2. The monoisotopic (exact) mass is 402 g/mol. The van der Waals surface area contributed by atoms with Crippen LogP contribution in [0.25, 0.3) is 0 Å². The summed E-state index contributed by atoms with van der Waals surface area (Å²) in [5.74, 6) is 2.64. The molecule has 1 heterocycles. The number of hydrogen-bond acceptors (Lipinski definition) is 5. The quantitative estimate of drug-likeness (QED) is 0.303. The van der Waals surface area contributed by atoms with Crippen LogP contribution < -0.4 is 15.4 Å². The van der Waals surface area contributed by atoms with E-state index in [9.17, 15) is 0 Å². The summed E-state index contributed by atoms with van der Waals surface area (Å²) in [4.78, 5) is 4.63. The Morgan fingerprint density at radius 2 is 1.90 bits per heavy atom. The van der Waals surface area contributed by atoms with Crippen molar-refractivity contribution in [3.63, 3.8) is 0 Å².